The molecule has 0 radical (unpaired) electrons. The summed E-state index contributed by atoms with van der Waals surface area (Å²) in [5, 5.41) is 2.80. The van der Waals surface area contributed by atoms with Crippen LogP contribution in [-0.2, 0) is 9.53 Å². The molecule has 6 nitrogen and oxygen atoms in total. The SMILES string of the molecule is Nc1cc(NC(=O)COc2ccc(Br)cc2)ccc1N1CCOCC1. The fourth-order valence-corrected chi connectivity index (χ4v) is 2.87. The number of benzene rings is 2. The Morgan fingerprint density at radius 2 is 1.92 bits per heavy atom. The Morgan fingerprint density at radius 1 is 1.20 bits per heavy atom. The molecule has 132 valence electrons. The Balaban J connectivity index is 1.55. The summed E-state index contributed by atoms with van der Waals surface area (Å²) in [6.45, 7) is 2.97. The lowest BCUT2D eigenvalue weighted by Gasteiger charge is -2.30. The Kier molecular flexibility index (Phi) is 5.78. The van der Waals surface area contributed by atoms with Crippen molar-refractivity contribution in [3.8, 4) is 5.75 Å². The molecule has 1 heterocycles. The number of rotatable bonds is 5. The maximum Gasteiger partial charge on any atom is 0.262 e. The zero-order valence-electron chi connectivity index (χ0n) is 13.7. The number of anilines is 3. The lowest BCUT2D eigenvalue weighted by Crippen LogP contribution is -2.36. The summed E-state index contributed by atoms with van der Waals surface area (Å²) in [4.78, 5) is 14.2. The molecule has 0 aromatic heterocycles. The van der Waals surface area contributed by atoms with Crippen molar-refractivity contribution in [2.75, 3.05) is 48.9 Å². The van der Waals surface area contributed by atoms with E-state index in [0.29, 0.717) is 30.3 Å². The third-order valence-corrected chi connectivity index (χ3v) is 4.38. The van der Waals surface area contributed by atoms with Crippen LogP contribution < -0.4 is 20.7 Å². The molecule has 0 unspecified atom stereocenters. The molecule has 2 aromatic rings. The van der Waals surface area contributed by atoms with Crippen LogP contribution in [0.15, 0.2) is 46.9 Å². The van der Waals surface area contributed by atoms with Gasteiger partial charge in [0.2, 0.25) is 0 Å². The fraction of sp³-hybridized carbons (Fsp3) is 0.278. The van der Waals surface area contributed by atoms with Crippen molar-refractivity contribution in [1.82, 2.24) is 0 Å². The Labute approximate surface area is 155 Å². The van der Waals surface area contributed by atoms with Crippen molar-refractivity contribution in [3.63, 3.8) is 0 Å². The van der Waals surface area contributed by atoms with Gasteiger partial charge in [0.25, 0.3) is 5.91 Å². The molecule has 2 aromatic carbocycles. The lowest BCUT2D eigenvalue weighted by atomic mass is 10.2. The van der Waals surface area contributed by atoms with Crippen LogP contribution in [0.2, 0.25) is 0 Å². The number of nitrogens with zero attached hydrogens (tertiary/aromatic N) is 1. The molecule has 1 fully saturated rings. The maximum atomic E-state index is 12.0. The van der Waals surface area contributed by atoms with Crippen LogP contribution in [0.4, 0.5) is 17.1 Å². The first-order chi connectivity index (χ1) is 12.1. The van der Waals surface area contributed by atoms with E-state index in [1.165, 1.54) is 0 Å². The Bertz CT molecular complexity index is 731. The zero-order chi connectivity index (χ0) is 17.6. The standard InChI is InChI=1S/C18H20BrN3O3/c19-13-1-4-15(5-2-13)25-12-18(23)21-14-3-6-17(16(20)11-14)22-7-9-24-10-8-22/h1-6,11H,7-10,12,20H2,(H,21,23). The van der Waals surface area contributed by atoms with E-state index >= 15 is 0 Å². The molecule has 0 atom stereocenters. The zero-order valence-corrected chi connectivity index (χ0v) is 15.3. The first-order valence-electron chi connectivity index (χ1n) is 8.02. The number of carbonyl (C=O) groups is 1. The first kappa shape index (κ1) is 17.6. The highest BCUT2D eigenvalue weighted by molar-refractivity contribution is 9.10. The van der Waals surface area contributed by atoms with Crippen LogP contribution in [0.25, 0.3) is 0 Å². The molecule has 3 rings (SSSR count). The molecule has 0 bridgehead atoms. The predicted molar refractivity (Wildman–Crippen MR) is 102 cm³/mol. The molecule has 1 aliphatic heterocycles. The third-order valence-electron chi connectivity index (χ3n) is 3.85. The van der Waals surface area contributed by atoms with Gasteiger partial charge in [0.1, 0.15) is 5.75 Å². The van der Waals surface area contributed by atoms with E-state index in [2.05, 4.69) is 26.1 Å². The molecule has 1 saturated heterocycles. The van der Waals surface area contributed by atoms with Gasteiger partial charge in [-0.2, -0.15) is 0 Å². The number of nitrogen functional groups attached to an aromatic ring is 1. The molecule has 0 saturated carbocycles. The summed E-state index contributed by atoms with van der Waals surface area (Å²) in [6.07, 6.45) is 0. The molecule has 1 aliphatic rings. The van der Waals surface area contributed by atoms with Crippen molar-refractivity contribution in [1.29, 1.82) is 0 Å². The fourth-order valence-electron chi connectivity index (χ4n) is 2.60. The average molecular weight is 406 g/mol. The van der Waals surface area contributed by atoms with E-state index in [1.807, 2.05) is 24.3 Å². The van der Waals surface area contributed by atoms with Crippen molar-refractivity contribution in [2.24, 2.45) is 0 Å². The lowest BCUT2D eigenvalue weighted by molar-refractivity contribution is -0.118. The van der Waals surface area contributed by atoms with Crippen LogP contribution in [-0.4, -0.2) is 38.8 Å². The summed E-state index contributed by atoms with van der Waals surface area (Å²) in [5.41, 5.74) is 8.39. The number of halogens is 1. The van der Waals surface area contributed by atoms with Crippen LogP contribution >= 0.6 is 15.9 Å². The van der Waals surface area contributed by atoms with Gasteiger partial charge in [0.05, 0.1) is 24.6 Å². The van der Waals surface area contributed by atoms with E-state index < -0.39 is 0 Å². The topological polar surface area (TPSA) is 76.8 Å². The smallest absolute Gasteiger partial charge is 0.262 e. The van der Waals surface area contributed by atoms with Gasteiger partial charge in [-0.25, -0.2) is 0 Å². The number of ether oxygens (including phenoxy) is 2. The van der Waals surface area contributed by atoms with E-state index in [4.69, 9.17) is 15.2 Å². The van der Waals surface area contributed by atoms with Gasteiger partial charge in [-0.05, 0) is 42.5 Å². The Hall–Kier alpha value is -2.25. The van der Waals surface area contributed by atoms with Crippen molar-refractivity contribution >= 4 is 38.9 Å². The minimum absolute atomic E-state index is 0.0627. The van der Waals surface area contributed by atoms with Crippen LogP contribution in [0.3, 0.4) is 0 Å². The molecule has 3 N–H and O–H groups in total. The summed E-state index contributed by atoms with van der Waals surface area (Å²) < 4.78 is 11.8. The first-order valence-corrected chi connectivity index (χ1v) is 8.81. The van der Waals surface area contributed by atoms with E-state index in [-0.39, 0.29) is 12.5 Å². The summed E-state index contributed by atoms with van der Waals surface area (Å²) >= 11 is 3.35. The number of hydrogen-bond acceptors (Lipinski definition) is 5. The maximum absolute atomic E-state index is 12.0. The van der Waals surface area contributed by atoms with Crippen LogP contribution in [0.5, 0.6) is 5.75 Å². The minimum Gasteiger partial charge on any atom is -0.484 e. The summed E-state index contributed by atoms with van der Waals surface area (Å²) in [6, 6.07) is 12.8. The van der Waals surface area contributed by atoms with Gasteiger partial charge in [0, 0.05) is 23.2 Å². The molecule has 1 amide bonds. The quantitative estimate of drug-likeness (QED) is 0.747. The van der Waals surface area contributed by atoms with E-state index in [9.17, 15) is 4.79 Å². The number of amides is 1. The highest BCUT2D eigenvalue weighted by Crippen LogP contribution is 2.27. The van der Waals surface area contributed by atoms with E-state index in [1.54, 1.807) is 18.2 Å². The van der Waals surface area contributed by atoms with Crippen molar-refractivity contribution in [2.45, 2.75) is 0 Å². The van der Waals surface area contributed by atoms with Crippen LogP contribution in [0.1, 0.15) is 0 Å². The van der Waals surface area contributed by atoms with Gasteiger partial charge in [0.15, 0.2) is 6.61 Å². The number of nitrogens with one attached hydrogen (secondary N) is 1. The second kappa shape index (κ2) is 8.22. The minimum atomic E-state index is -0.235. The normalized spacial score (nSPS) is 14.2. The number of carbonyl (C=O) groups excluding carboxylic acids is 1. The highest BCUT2D eigenvalue weighted by atomic mass is 79.9. The van der Waals surface area contributed by atoms with Gasteiger partial charge < -0.3 is 25.4 Å². The molecule has 0 spiro atoms. The molecular formula is C18H20BrN3O3. The second-order valence-electron chi connectivity index (χ2n) is 5.66. The van der Waals surface area contributed by atoms with Crippen molar-refractivity contribution in [3.05, 3.63) is 46.9 Å². The monoisotopic (exact) mass is 405 g/mol. The van der Waals surface area contributed by atoms with Crippen LogP contribution in [0, 0.1) is 0 Å². The number of hydrogen-bond donors (Lipinski definition) is 2. The Morgan fingerprint density at radius 3 is 2.60 bits per heavy atom. The predicted octanol–water partition coefficient (Wildman–Crippen LogP) is 2.89. The molecule has 0 aliphatic carbocycles. The third kappa shape index (κ3) is 4.87. The average Bonchev–Trinajstić information content (AvgIpc) is 2.62. The molecule has 25 heavy (non-hydrogen) atoms. The highest BCUT2D eigenvalue weighted by Gasteiger charge is 2.14. The molecule has 7 heteroatoms. The van der Waals surface area contributed by atoms with Gasteiger partial charge >= 0.3 is 0 Å². The summed E-state index contributed by atoms with van der Waals surface area (Å²) in [7, 11) is 0. The summed E-state index contributed by atoms with van der Waals surface area (Å²) in [5.74, 6) is 0.405. The number of morpholine rings is 1. The largest absolute Gasteiger partial charge is 0.484 e. The second-order valence-corrected chi connectivity index (χ2v) is 6.58. The number of nitrogens with two attached hydrogens (primary N) is 1. The van der Waals surface area contributed by atoms with Gasteiger partial charge in [-0.3, -0.25) is 4.79 Å². The van der Waals surface area contributed by atoms with E-state index in [0.717, 1.165) is 23.2 Å². The van der Waals surface area contributed by atoms with Gasteiger partial charge in [-0.15, -0.1) is 0 Å². The van der Waals surface area contributed by atoms with Gasteiger partial charge in [-0.1, -0.05) is 15.9 Å². The van der Waals surface area contributed by atoms with Crippen molar-refractivity contribution < 1.29 is 14.3 Å². The molecular weight excluding hydrogens is 386 g/mol.